The monoisotopic (exact) mass is 197 g/mol. The van der Waals surface area contributed by atoms with Gasteiger partial charge >= 0.3 is 5.97 Å². The average Bonchev–Trinajstić information content (AvgIpc) is 2.60. The highest BCUT2D eigenvalue weighted by Crippen LogP contribution is 2.52. The Hall–Kier alpha value is -0.570. The van der Waals surface area contributed by atoms with Gasteiger partial charge < -0.3 is 10.8 Å². The topological polar surface area (TPSA) is 63.3 Å². The number of rotatable bonds is 3. The molecule has 0 heterocycles. The summed E-state index contributed by atoms with van der Waals surface area (Å²) in [6, 6.07) is 0. The zero-order chi connectivity index (χ0) is 10.3. The summed E-state index contributed by atoms with van der Waals surface area (Å²) in [6.07, 6.45) is 5.16. The summed E-state index contributed by atoms with van der Waals surface area (Å²) in [4.78, 5) is 10.7. The van der Waals surface area contributed by atoms with Crippen LogP contribution in [0.25, 0.3) is 0 Å². The summed E-state index contributed by atoms with van der Waals surface area (Å²) >= 11 is 0. The molecule has 2 aliphatic rings. The third-order valence-corrected chi connectivity index (χ3v) is 4.12. The normalized spacial score (nSPS) is 39.7. The molecule has 2 rings (SSSR count). The van der Waals surface area contributed by atoms with Gasteiger partial charge in [-0.1, -0.05) is 6.42 Å². The molecule has 4 unspecified atom stereocenters. The van der Waals surface area contributed by atoms with Gasteiger partial charge in [0.1, 0.15) is 0 Å². The van der Waals surface area contributed by atoms with Crippen molar-refractivity contribution in [3.05, 3.63) is 0 Å². The van der Waals surface area contributed by atoms with E-state index in [-0.39, 0.29) is 6.42 Å². The molecule has 0 aromatic rings. The van der Waals surface area contributed by atoms with E-state index >= 15 is 0 Å². The zero-order valence-corrected chi connectivity index (χ0v) is 8.70. The minimum absolute atomic E-state index is 0.112. The van der Waals surface area contributed by atoms with Crippen LogP contribution in [0.15, 0.2) is 0 Å². The lowest BCUT2D eigenvalue weighted by molar-refractivity contribution is -0.138. The highest BCUT2D eigenvalue weighted by molar-refractivity contribution is 5.68. The number of carboxylic acids is 1. The van der Waals surface area contributed by atoms with Gasteiger partial charge in [0.25, 0.3) is 0 Å². The first kappa shape index (κ1) is 9.97. The first-order valence-corrected chi connectivity index (χ1v) is 5.50. The molecule has 0 radical (unpaired) electrons. The van der Waals surface area contributed by atoms with Crippen LogP contribution in [-0.2, 0) is 4.79 Å². The van der Waals surface area contributed by atoms with Crippen LogP contribution < -0.4 is 5.73 Å². The van der Waals surface area contributed by atoms with E-state index < -0.39 is 11.5 Å². The highest BCUT2D eigenvalue weighted by atomic mass is 16.4. The molecule has 2 saturated carbocycles. The van der Waals surface area contributed by atoms with Gasteiger partial charge in [-0.25, -0.2) is 0 Å². The lowest BCUT2D eigenvalue weighted by atomic mass is 9.74. The molecular formula is C11H19NO2. The molecule has 80 valence electrons. The molecule has 4 atom stereocenters. The summed E-state index contributed by atoms with van der Waals surface area (Å²) in [6.45, 7) is 1.91. The number of hydrogen-bond acceptors (Lipinski definition) is 2. The molecular weight excluding hydrogens is 178 g/mol. The minimum Gasteiger partial charge on any atom is -0.481 e. The number of fused-ring (bicyclic) bond motifs is 2. The van der Waals surface area contributed by atoms with Crippen LogP contribution >= 0.6 is 0 Å². The Morgan fingerprint density at radius 1 is 1.50 bits per heavy atom. The van der Waals surface area contributed by atoms with Gasteiger partial charge in [-0.15, -0.1) is 0 Å². The summed E-state index contributed by atoms with van der Waals surface area (Å²) in [7, 11) is 0. The fourth-order valence-corrected chi connectivity index (χ4v) is 3.51. The van der Waals surface area contributed by atoms with Crippen LogP contribution in [0.1, 0.15) is 39.0 Å². The van der Waals surface area contributed by atoms with Crippen molar-refractivity contribution in [2.45, 2.75) is 44.6 Å². The van der Waals surface area contributed by atoms with E-state index in [9.17, 15) is 4.79 Å². The quantitative estimate of drug-likeness (QED) is 0.722. The standard InChI is InChI=1S/C11H19NO2/c1-11(12,6-10(13)14)9-5-7-2-3-8(9)4-7/h7-9H,2-6,12H2,1H3,(H,13,14). The van der Waals surface area contributed by atoms with E-state index in [0.717, 1.165) is 12.3 Å². The molecule has 2 fully saturated rings. The minimum atomic E-state index is -0.766. The predicted molar refractivity (Wildman–Crippen MR) is 53.8 cm³/mol. The Labute approximate surface area is 84.7 Å². The van der Waals surface area contributed by atoms with Gasteiger partial charge in [-0.2, -0.15) is 0 Å². The van der Waals surface area contributed by atoms with Gasteiger partial charge in [0.15, 0.2) is 0 Å². The van der Waals surface area contributed by atoms with Crippen molar-refractivity contribution in [2.24, 2.45) is 23.5 Å². The van der Waals surface area contributed by atoms with Crippen molar-refractivity contribution < 1.29 is 9.90 Å². The summed E-state index contributed by atoms with van der Waals surface area (Å²) in [5, 5.41) is 8.80. The molecule has 14 heavy (non-hydrogen) atoms. The smallest absolute Gasteiger partial charge is 0.305 e. The summed E-state index contributed by atoms with van der Waals surface area (Å²) in [5.41, 5.74) is 5.63. The third kappa shape index (κ3) is 1.65. The second kappa shape index (κ2) is 3.23. The number of aliphatic carboxylic acids is 1. The average molecular weight is 197 g/mol. The molecule has 0 aromatic heterocycles. The van der Waals surface area contributed by atoms with Crippen LogP contribution in [0.3, 0.4) is 0 Å². The zero-order valence-electron chi connectivity index (χ0n) is 8.70. The van der Waals surface area contributed by atoms with Gasteiger partial charge in [0.2, 0.25) is 0 Å². The second-order valence-electron chi connectivity index (χ2n) is 5.36. The molecule has 0 aliphatic heterocycles. The van der Waals surface area contributed by atoms with Crippen molar-refractivity contribution in [1.82, 2.24) is 0 Å². The van der Waals surface area contributed by atoms with Crippen molar-refractivity contribution >= 4 is 5.97 Å². The Kier molecular flexibility index (Phi) is 2.30. The van der Waals surface area contributed by atoms with Crippen LogP contribution in [-0.4, -0.2) is 16.6 Å². The fraction of sp³-hybridized carbons (Fsp3) is 0.909. The molecule has 2 bridgehead atoms. The Bertz CT molecular complexity index is 250. The molecule has 0 spiro atoms. The Balaban J connectivity index is 2.03. The molecule has 0 amide bonds. The van der Waals surface area contributed by atoms with Gasteiger partial charge in [0, 0.05) is 5.54 Å². The second-order valence-corrected chi connectivity index (χ2v) is 5.36. The molecule has 0 saturated heterocycles. The van der Waals surface area contributed by atoms with Crippen molar-refractivity contribution in [3.8, 4) is 0 Å². The third-order valence-electron chi connectivity index (χ3n) is 4.12. The lowest BCUT2D eigenvalue weighted by Crippen LogP contribution is -2.48. The number of hydrogen-bond donors (Lipinski definition) is 2. The van der Waals surface area contributed by atoms with Crippen LogP contribution in [0.4, 0.5) is 0 Å². The van der Waals surface area contributed by atoms with Gasteiger partial charge in [-0.05, 0) is 43.9 Å². The number of carboxylic acid groups (broad SMARTS) is 1. The largest absolute Gasteiger partial charge is 0.481 e. The molecule has 0 aromatic carbocycles. The predicted octanol–water partition coefficient (Wildman–Crippen LogP) is 1.61. The lowest BCUT2D eigenvalue weighted by Gasteiger charge is -2.36. The fourth-order valence-electron chi connectivity index (χ4n) is 3.51. The maximum absolute atomic E-state index is 10.7. The molecule has 3 nitrogen and oxygen atoms in total. The maximum atomic E-state index is 10.7. The van der Waals surface area contributed by atoms with E-state index in [1.54, 1.807) is 0 Å². The number of carbonyl (C=O) groups is 1. The summed E-state index contributed by atoms with van der Waals surface area (Å²) < 4.78 is 0. The van der Waals surface area contributed by atoms with E-state index in [4.69, 9.17) is 10.8 Å². The summed E-state index contributed by atoms with van der Waals surface area (Å²) in [5.74, 6) is 1.21. The Morgan fingerprint density at radius 2 is 2.21 bits per heavy atom. The van der Waals surface area contributed by atoms with Gasteiger partial charge in [-0.3, -0.25) is 4.79 Å². The van der Waals surface area contributed by atoms with Crippen molar-refractivity contribution in [1.29, 1.82) is 0 Å². The van der Waals surface area contributed by atoms with Crippen molar-refractivity contribution in [2.75, 3.05) is 0 Å². The molecule has 3 heteroatoms. The highest BCUT2D eigenvalue weighted by Gasteiger charge is 2.47. The SMILES string of the molecule is CC(N)(CC(=O)O)C1CC2CCC1C2. The van der Waals surface area contributed by atoms with E-state index in [2.05, 4.69) is 0 Å². The first-order chi connectivity index (χ1) is 6.49. The van der Waals surface area contributed by atoms with Gasteiger partial charge in [0.05, 0.1) is 6.42 Å². The van der Waals surface area contributed by atoms with E-state index in [1.165, 1.54) is 19.3 Å². The number of nitrogens with two attached hydrogens (primary N) is 1. The molecule has 3 N–H and O–H groups in total. The van der Waals surface area contributed by atoms with Crippen LogP contribution in [0, 0.1) is 17.8 Å². The van der Waals surface area contributed by atoms with E-state index in [1.807, 2.05) is 6.92 Å². The van der Waals surface area contributed by atoms with Crippen LogP contribution in [0.2, 0.25) is 0 Å². The van der Waals surface area contributed by atoms with Crippen LogP contribution in [0.5, 0.6) is 0 Å². The Morgan fingerprint density at radius 3 is 2.64 bits per heavy atom. The van der Waals surface area contributed by atoms with E-state index in [0.29, 0.717) is 11.8 Å². The maximum Gasteiger partial charge on any atom is 0.305 e. The van der Waals surface area contributed by atoms with Crippen molar-refractivity contribution in [3.63, 3.8) is 0 Å². The molecule has 2 aliphatic carbocycles. The first-order valence-electron chi connectivity index (χ1n) is 5.50.